The first-order chi connectivity index (χ1) is 13.8. The van der Waals surface area contributed by atoms with Crippen LogP contribution < -0.4 is 10.0 Å². The molecular formula is C17H19N7O4S. The van der Waals surface area contributed by atoms with Gasteiger partial charge >= 0.3 is 0 Å². The van der Waals surface area contributed by atoms with Crippen LogP contribution in [0.2, 0.25) is 0 Å². The van der Waals surface area contributed by atoms with Gasteiger partial charge in [0.25, 0.3) is 5.69 Å². The minimum atomic E-state index is -3.77. The first-order valence-electron chi connectivity index (χ1n) is 8.60. The van der Waals surface area contributed by atoms with Crippen molar-refractivity contribution in [3.05, 3.63) is 64.2 Å². The number of nitro groups is 1. The van der Waals surface area contributed by atoms with Crippen molar-refractivity contribution in [2.45, 2.75) is 18.7 Å². The maximum absolute atomic E-state index is 12.3. The number of nitrogens with one attached hydrogen (secondary N) is 2. The molecule has 3 rings (SSSR count). The van der Waals surface area contributed by atoms with Gasteiger partial charge in [0, 0.05) is 37.0 Å². The molecule has 11 nitrogen and oxygen atoms in total. The van der Waals surface area contributed by atoms with Gasteiger partial charge in [0.1, 0.15) is 12.1 Å². The maximum Gasteiger partial charge on any atom is 0.269 e. The quantitative estimate of drug-likeness (QED) is 0.319. The highest BCUT2D eigenvalue weighted by Gasteiger charge is 2.15. The van der Waals surface area contributed by atoms with E-state index in [0.717, 1.165) is 23.5 Å². The van der Waals surface area contributed by atoms with Crippen molar-refractivity contribution < 1.29 is 13.3 Å². The van der Waals surface area contributed by atoms with E-state index < -0.39 is 14.9 Å². The standard InChI is InChI=1S/C17H19N7O4S/c1-12-9-13(2)23(22-12)17-10-16(19-11-20-17)18-7-8-21-29(27,28)15-5-3-14(4-6-15)24(25)26/h3-6,9-11,21H,7-8H2,1-2H3,(H,18,19,20). The molecule has 2 N–H and O–H groups in total. The molecule has 0 spiro atoms. The number of aromatic nitrogens is 4. The minimum Gasteiger partial charge on any atom is -0.369 e. The van der Waals surface area contributed by atoms with Crippen molar-refractivity contribution in [3.63, 3.8) is 0 Å². The number of anilines is 1. The molecule has 0 aliphatic heterocycles. The largest absolute Gasteiger partial charge is 0.369 e. The highest BCUT2D eigenvalue weighted by molar-refractivity contribution is 7.89. The van der Waals surface area contributed by atoms with Crippen LogP contribution in [0.4, 0.5) is 11.5 Å². The van der Waals surface area contributed by atoms with Crippen LogP contribution in [0.15, 0.2) is 47.6 Å². The number of benzene rings is 1. The fraction of sp³-hybridized carbons (Fsp3) is 0.235. The predicted octanol–water partition coefficient (Wildman–Crippen LogP) is 1.58. The summed E-state index contributed by atoms with van der Waals surface area (Å²) in [6.07, 6.45) is 1.40. The van der Waals surface area contributed by atoms with Crippen molar-refractivity contribution >= 4 is 21.5 Å². The molecule has 0 amide bonds. The van der Waals surface area contributed by atoms with Crippen molar-refractivity contribution in [1.82, 2.24) is 24.5 Å². The molecule has 0 bridgehead atoms. The van der Waals surface area contributed by atoms with Gasteiger partial charge in [0.2, 0.25) is 10.0 Å². The Hall–Kier alpha value is -3.38. The van der Waals surface area contributed by atoms with Crippen molar-refractivity contribution in [2.75, 3.05) is 18.4 Å². The molecule has 0 saturated carbocycles. The SMILES string of the molecule is Cc1cc(C)n(-c2cc(NCCNS(=O)(=O)c3ccc([N+](=O)[O-])cc3)ncn2)n1. The molecular weight excluding hydrogens is 398 g/mol. The van der Waals surface area contributed by atoms with Gasteiger partial charge in [-0.25, -0.2) is 27.8 Å². The highest BCUT2D eigenvalue weighted by Crippen LogP contribution is 2.15. The lowest BCUT2D eigenvalue weighted by molar-refractivity contribution is -0.384. The lowest BCUT2D eigenvalue weighted by Gasteiger charge is -2.09. The third kappa shape index (κ3) is 4.92. The minimum absolute atomic E-state index is 0.0445. The van der Waals surface area contributed by atoms with E-state index in [9.17, 15) is 18.5 Å². The number of hydrogen-bond donors (Lipinski definition) is 2. The molecule has 0 unspecified atom stereocenters. The summed E-state index contributed by atoms with van der Waals surface area (Å²) in [4.78, 5) is 18.3. The molecule has 0 atom stereocenters. The van der Waals surface area contributed by atoms with Crippen LogP contribution in [0.1, 0.15) is 11.4 Å². The van der Waals surface area contributed by atoms with E-state index in [1.165, 1.54) is 18.5 Å². The van der Waals surface area contributed by atoms with Gasteiger partial charge in [0.15, 0.2) is 5.82 Å². The summed E-state index contributed by atoms with van der Waals surface area (Å²) in [5.41, 5.74) is 1.63. The average molecular weight is 417 g/mol. The first-order valence-corrected chi connectivity index (χ1v) is 10.1. The van der Waals surface area contributed by atoms with E-state index in [-0.39, 0.29) is 23.7 Å². The molecule has 3 aromatic rings. The molecule has 0 aliphatic carbocycles. The summed E-state index contributed by atoms with van der Waals surface area (Å²) < 4.78 is 28.6. The molecule has 12 heteroatoms. The second-order valence-electron chi connectivity index (χ2n) is 6.18. The normalized spacial score (nSPS) is 11.4. The number of sulfonamides is 1. The van der Waals surface area contributed by atoms with E-state index in [1.54, 1.807) is 10.7 Å². The molecule has 0 radical (unpaired) electrons. The van der Waals surface area contributed by atoms with Crippen molar-refractivity contribution in [3.8, 4) is 5.82 Å². The lowest BCUT2D eigenvalue weighted by atomic mass is 10.3. The van der Waals surface area contributed by atoms with Crippen LogP contribution in [0, 0.1) is 24.0 Å². The van der Waals surface area contributed by atoms with Gasteiger partial charge in [0.05, 0.1) is 15.5 Å². The number of hydrogen-bond acceptors (Lipinski definition) is 8. The maximum atomic E-state index is 12.3. The molecule has 2 heterocycles. The Morgan fingerprint density at radius 3 is 2.45 bits per heavy atom. The predicted molar refractivity (Wildman–Crippen MR) is 105 cm³/mol. The van der Waals surface area contributed by atoms with Crippen LogP contribution in [-0.2, 0) is 10.0 Å². The molecule has 0 fully saturated rings. The van der Waals surface area contributed by atoms with E-state index in [4.69, 9.17) is 0 Å². The summed E-state index contributed by atoms with van der Waals surface area (Å²) in [6, 6.07) is 8.33. The Bertz CT molecular complexity index is 1130. The summed E-state index contributed by atoms with van der Waals surface area (Å²) in [5, 5.41) is 18.0. The van der Waals surface area contributed by atoms with Crippen molar-refractivity contribution in [1.29, 1.82) is 0 Å². The Morgan fingerprint density at radius 2 is 1.83 bits per heavy atom. The van der Waals surface area contributed by atoms with Crippen LogP contribution in [0.25, 0.3) is 5.82 Å². The van der Waals surface area contributed by atoms with Gasteiger partial charge in [-0.05, 0) is 32.0 Å². The zero-order valence-electron chi connectivity index (χ0n) is 15.7. The van der Waals surface area contributed by atoms with Crippen LogP contribution >= 0.6 is 0 Å². The molecule has 0 aliphatic rings. The topological polar surface area (TPSA) is 145 Å². The zero-order valence-corrected chi connectivity index (χ0v) is 16.5. The fourth-order valence-corrected chi connectivity index (χ4v) is 3.66. The fourth-order valence-electron chi connectivity index (χ4n) is 2.63. The van der Waals surface area contributed by atoms with Gasteiger partial charge in [-0.2, -0.15) is 5.10 Å². The molecule has 2 aromatic heterocycles. The Labute approximate surface area is 167 Å². The van der Waals surface area contributed by atoms with Crippen LogP contribution in [0.5, 0.6) is 0 Å². The molecule has 0 saturated heterocycles. The number of rotatable bonds is 8. The van der Waals surface area contributed by atoms with E-state index >= 15 is 0 Å². The van der Waals surface area contributed by atoms with Gasteiger partial charge < -0.3 is 5.32 Å². The Kier molecular flexibility index (Phi) is 5.84. The number of nitro benzene ring substituents is 1. The van der Waals surface area contributed by atoms with E-state index in [2.05, 4.69) is 25.1 Å². The average Bonchev–Trinajstić information content (AvgIpc) is 3.04. The van der Waals surface area contributed by atoms with Crippen LogP contribution in [0.3, 0.4) is 0 Å². The summed E-state index contributed by atoms with van der Waals surface area (Å²) in [5.74, 6) is 1.12. The second-order valence-corrected chi connectivity index (χ2v) is 7.94. The van der Waals surface area contributed by atoms with E-state index in [0.29, 0.717) is 11.6 Å². The first kappa shape index (κ1) is 20.4. The molecule has 1 aromatic carbocycles. The van der Waals surface area contributed by atoms with Gasteiger partial charge in [-0.15, -0.1) is 0 Å². The molecule has 29 heavy (non-hydrogen) atoms. The summed E-state index contributed by atoms with van der Waals surface area (Å²) in [7, 11) is -3.77. The third-order valence-electron chi connectivity index (χ3n) is 3.96. The highest BCUT2D eigenvalue weighted by atomic mass is 32.2. The second kappa shape index (κ2) is 8.32. The lowest BCUT2D eigenvalue weighted by Crippen LogP contribution is -2.29. The third-order valence-corrected chi connectivity index (χ3v) is 5.44. The monoisotopic (exact) mass is 417 g/mol. The number of nitrogens with zero attached hydrogens (tertiary/aromatic N) is 5. The van der Waals surface area contributed by atoms with Crippen molar-refractivity contribution in [2.24, 2.45) is 0 Å². The molecule has 152 valence electrons. The number of aryl methyl sites for hydroxylation is 2. The number of non-ortho nitro benzene ring substituents is 1. The smallest absolute Gasteiger partial charge is 0.269 e. The zero-order chi connectivity index (χ0) is 21.0. The summed E-state index contributed by atoms with van der Waals surface area (Å²) >= 11 is 0. The summed E-state index contributed by atoms with van der Waals surface area (Å²) in [6.45, 7) is 4.18. The van der Waals surface area contributed by atoms with Crippen LogP contribution in [-0.4, -0.2) is 46.2 Å². The van der Waals surface area contributed by atoms with Gasteiger partial charge in [-0.3, -0.25) is 10.1 Å². The Balaban J connectivity index is 1.58. The van der Waals surface area contributed by atoms with Gasteiger partial charge in [-0.1, -0.05) is 0 Å². The Morgan fingerprint density at radius 1 is 1.10 bits per heavy atom. The van der Waals surface area contributed by atoms with E-state index in [1.807, 2.05) is 19.9 Å².